The van der Waals surface area contributed by atoms with Gasteiger partial charge in [-0.05, 0) is 20.8 Å². The molecule has 0 aromatic heterocycles. The number of anilines is 1. The summed E-state index contributed by atoms with van der Waals surface area (Å²) in [5, 5.41) is 16.5. The fourth-order valence-electron chi connectivity index (χ4n) is 1.50. The number of hydrogen-bond donors (Lipinski definition) is 2. The lowest BCUT2D eigenvalue weighted by Gasteiger charge is -2.20. The summed E-state index contributed by atoms with van der Waals surface area (Å²) in [6, 6.07) is 1.31. The SMILES string of the molecule is CC(C)(C)NCCNc1c(F)cc(F)cc1[N+](=O)[O-]. The first-order valence-electron chi connectivity index (χ1n) is 5.83. The summed E-state index contributed by atoms with van der Waals surface area (Å²) in [6.07, 6.45) is 0. The number of hydrogen-bond acceptors (Lipinski definition) is 4. The van der Waals surface area contributed by atoms with Crippen LogP contribution in [0.25, 0.3) is 0 Å². The lowest BCUT2D eigenvalue weighted by molar-refractivity contribution is -0.384. The second-order valence-corrected chi connectivity index (χ2v) is 5.14. The topological polar surface area (TPSA) is 67.2 Å². The van der Waals surface area contributed by atoms with Gasteiger partial charge in [0, 0.05) is 24.7 Å². The van der Waals surface area contributed by atoms with Gasteiger partial charge in [-0.25, -0.2) is 8.78 Å². The van der Waals surface area contributed by atoms with Crippen LogP contribution in [0.1, 0.15) is 20.8 Å². The summed E-state index contributed by atoms with van der Waals surface area (Å²) >= 11 is 0. The molecule has 0 fully saturated rings. The molecule has 0 atom stereocenters. The third kappa shape index (κ3) is 4.78. The van der Waals surface area contributed by atoms with E-state index in [1.807, 2.05) is 20.8 Å². The van der Waals surface area contributed by atoms with Gasteiger partial charge in [-0.2, -0.15) is 0 Å². The standard InChI is InChI=1S/C12H17F2N3O2/c1-12(2,3)16-5-4-15-11-9(14)6-8(13)7-10(11)17(18)19/h6-7,15-16H,4-5H2,1-3H3. The molecule has 0 bridgehead atoms. The van der Waals surface area contributed by atoms with Crippen molar-refractivity contribution in [3.63, 3.8) is 0 Å². The Hall–Kier alpha value is -1.76. The zero-order chi connectivity index (χ0) is 14.6. The third-order valence-corrected chi connectivity index (χ3v) is 2.31. The van der Waals surface area contributed by atoms with Gasteiger partial charge in [0.25, 0.3) is 5.69 Å². The van der Waals surface area contributed by atoms with E-state index in [1.54, 1.807) is 0 Å². The van der Waals surface area contributed by atoms with Crippen LogP contribution in [-0.4, -0.2) is 23.6 Å². The van der Waals surface area contributed by atoms with E-state index < -0.39 is 22.2 Å². The Morgan fingerprint density at radius 3 is 2.42 bits per heavy atom. The first kappa shape index (κ1) is 15.3. The average molecular weight is 273 g/mol. The van der Waals surface area contributed by atoms with Crippen LogP contribution in [0.3, 0.4) is 0 Å². The third-order valence-electron chi connectivity index (χ3n) is 2.31. The lowest BCUT2D eigenvalue weighted by atomic mass is 10.1. The molecule has 106 valence electrons. The maximum atomic E-state index is 13.5. The van der Waals surface area contributed by atoms with Gasteiger partial charge in [-0.3, -0.25) is 10.1 Å². The zero-order valence-electron chi connectivity index (χ0n) is 11.1. The van der Waals surface area contributed by atoms with Crippen molar-refractivity contribution in [1.82, 2.24) is 5.32 Å². The average Bonchev–Trinajstić information content (AvgIpc) is 2.24. The summed E-state index contributed by atoms with van der Waals surface area (Å²) in [7, 11) is 0. The van der Waals surface area contributed by atoms with E-state index in [-0.39, 0.29) is 11.2 Å². The Morgan fingerprint density at radius 1 is 1.26 bits per heavy atom. The minimum absolute atomic E-state index is 0.102. The van der Waals surface area contributed by atoms with Gasteiger partial charge in [-0.15, -0.1) is 0 Å². The molecule has 0 aliphatic rings. The maximum Gasteiger partial charge on any atom is 0.298 e. The van der Waals surface area contributed by atoms with Crippen LogP contribution in [0.15, 0.2) is 12.1 Å². The summed E-state index contributed by atoms with van der Waals surface area (Å²) in [6.45, 7) is 6.69. The minimum atomic E-state index is -0.970. The quantitative estimate of drug-likeness (QED) is 0.491. The Balaban J connectivity index is 2.75. The zero-order valence-corrected chi connectivity index (χ0v) is 11.1. The van der Waals surface area contributed by atoms with Crippen LogP contribution < -0.4 is 10.6 Å². The van der Waals surface area contributed by atoms with E-state index in [4.69, 9.17) is 0 Å². The molecule has 1 aromatic rings. The van der Waals surface area contributed by atoms with Gasteiger partial charge >= 0.3 is 0 Å². The van der Waals surface area contributed by atoms with Crippen LogP contribution in [0.2, 0.25) is 0 Å². The first-order chi connectivity index (χ1) is 8.70. The van der Waals surface area contributed by atoms with Crippen molar-refractivity contribution in [1.29, 1.82) is 0 Å². The molecular formula is C12H17F2N3O2. The van der Waals surface area contributed by atoms with E-state index in [0.717, 1.165) is 0 Å². The molecule has 1 aromatic carbocycles. The maximum absolute atomic E-state index is 13.5. The highest BCUT2D eigenvalue weighted by atomic mass is 19.1. The Morgan fingerprint density at radius 2 is 1.89 bits per heavy atom. The number of nitrogens with one attached hydrogen (secondary N) is 2. The van der Waals surface area contributed by atoms with E-state index >= 15 is 0 Å². The molecule has 0 unspecified atom stereocenters. The normalized spacial score (nSPS) is 11.4. The highest BCUT2D eigenvalue weighted by Crippen LogP contribution is 2.28. The smallest absolute Gasteiger partial charge is 0.298 e. The van der Waals surface area contributed by atoms with Gasteiger partial charge in [0.05, 0.1) is 11.0 Å². The predicted molar refractivity (Wildman–Crippen MR) is 69.3 cm³/mol. The van der Waals surface area contributed by atoms with Crippen molar-refractivity contribution in [3.8, 4) is 0 Å². The van der Waals surface area contributed by atoms with Gasteiger partial charge < -0.3 is 10.6 Å². The summed E-state index contributed by atoms with van der Waals surface area (Å²) < 4.78 is 26.4. The Bertz CT molecular complexity index is 473. The van der Waals surface area contributed by atoms with Gasteiger partial charge in [0.15, 0.2) is 5.82 Å². The van der Waals surface area contributed by atoms with Crippen molar-refractivity contribution in [2.45, 2.75) is 26.3 Å². The van der Waals surface area contributed by atoms with Crippen molar-refractivity contribution >= 4 is 11.4 Å². The number of rotatable bonds is 5. The van der Waals surface area contributed by atoms with Crippen molar-refractivity contribution in [3.05, 3.63) is 33.9 Å². The Labute approximate surface area is 110 Å². The fourth-order valence-corrected chi connectivity index (χ4v) is 1.50. The Kier molecular flexibility index (Phi) is 4.77. The molecule has 0 saturated heterocycles. The number of nitro groups is 1. The summed E-state index contributed by atoms with van der Waals surface area (Å²) in [4.78, 5) is 9.92. The van der Waals surface area contributed by atoms with E-state index in [1.165, 1.54) is 0 Å². The lowest BCUT2D eigenvalue weighted by Crippen LogP contribution is -2.38. The fraction of sp³-hybridized carbons (Fsp3) is 0.500. The summed E-state index contributed by atoms with van der Waals surface area (Å²) in [5.41, 5.74) is -0.995. The molecule has 7 heteroatoms. The highest BCUT2D eigenvalue weighted by Gasteiger charge is 2.20. The van der Waals surface area contributed by atoms with Crippen molar-refractivity contribution in [2.75, 3.05) is 18.4 Å². The molecule has 0 saturated carbocycles. The number of benzene rings is 1. The number of nitrogens with zero attached hydrogens (tertiary/aromatic N) is 1. The van der Waals surface area contributed by atoms with Crippen LogP contribution in [0, 0.1) is 21.7 Å². The van der Waals surface area contributed by atoms with Gasteiger partial charge in [-0.1, -0.05) is 0 Å². The van der Waals surface area contributed by atoms with E-state index in [0.29, 0.717) is 25.2 Å². The molecule has 5 nitrogen and oxygen atoms in total. The summed E-state index contributed by atoms with van der Waals surface area (Å²) in [5.74, 6) is -1.94. The van der Waals surface area contributed by atoms with Crippen LogP contribution in [0.4, 0.5) is 20.2 Å². The molecule has 1 rings (SSSR count). The van der Waals surface area contributed by atoms with Crippen molar-refractivity contribution < 1.29 is 13.7 Å². The van der Waals surface area contributed by atoms with Crippen LogP contribution in [-0.2, 0) is 0 Å². The molecule has 0 aliphatic carbocycles. The molecular weight excluding hydrogens is 256 g/mol. The number of halogens is 2. The second-order valence-electron chi connectivity index (χ2n) is 5.14. The highest BCUT2D eigenvalue weighted by molar-refractivity contribution is 5.62. The molecule has 0 amide bonds. The molecule has 0 radical (unpaired) electrons. The van der Waals surface area contributed by atoms with Crippen LogP contribution in [0.5, 0.6) is 0 Å². The minimum Gasteiger partial charge on any atom is -0.376 e. The van der Waals surface area contributed by atoms with Crippen LogP contribution >= 0.6 is 0 Å². The van der Waals surface area contributed by atoms with Gasteiger partial charge in [0.2, 0.25) is 0 Å². The van der Waals surface area contributed by atoms with E-state index in [2.05, 4.69) is 10.6 Å². The monoisotopic (exact) mass is 273 g/mol. The largest absolute Gasteiger partial charge is 0.376 e. The molecule has 2 N–H and O–H groups in total. The molecule has 0 aliphatic heterocycles. The van der Waals surface area contributed by atoms with Crippen molar-refractivity contribution in [2.24, 2.45) is 0 Å². The molecule has 19 heavy (non-hydrogen) atoms. The molecule has 0 heterocycles. The molecule has 0 spiro atoms. The predicted octanol–water partition coefficient (Wildman–Crippen LogP) is 2.67. The first-order valence-corrected chi connectivity index (χ1v) is 5.83. The van der Waals surface area contributed by atoms with E-state index in [9.17, 15) is 18.9 Å². The number of nitro benzene ring substituents is 1. The van der Waals surface area contributed by atoms with Gasteiger partial charge in [0.1, 0.15) is 11.5 Å². The second kappa shape index (κ2) is 5.92.